The molecule has 1 unspecified atom stereocenters. The van der Waals surface area contributed by atoms with Gasteiger partial charge in [-0.1, -0.05) is 13.3 Å². The summed E-state index contributed by atoms with van der Waals surface area (Å²) in [4.78, 5) is 29.4. The molecule has 0 aliphatic heterocycles. The average Bonchev–Trinajstić information content (AvgIpc) is 2.80. The number of aromatic nitrogens is 2. The highest BCUT2D eigenvalue weighted by Crippen LogP contribution is 1.99. The Kier molecular flexibility index (Phi) is 5.84. The SMILES string of the molecule is CCCC(C)NC(=O)N[C@@H](Cc1cnc[nH]1)C(=O)O. The number of hydrogen-bond donors (Lipinski definition) is 4. The summed E-state index contributed by atoms with van der Waals surface area (Å²) >= 11 is 0. The lowest BCUT2D eigenvalue weighted by Gasteiger charge is -2.17. The number of carboxylic acids is 1. The first-order valence-corrected chi connectivity index (χ1v) is 6.30. The van der Waals surface area contributed by atoms with Crippen LogP contribution in [-0.4, -0.2) is 39.2 Å². The highest BCUT2D eigenvalue weighted by molar-refractivity contribution is 5.82. The van der Waals surface area contributed by atoms with Crippen LogP contribution in [0.5, 0.6) is 0 Å². The molecular formula is C12H20N4O3. The van der Waals surface area contributed by atoms with E-state index in [4.69, 9.17) is 5.11 Å². The van der Waals surface area contributed by atoms with E-state index in [1.54, 1.807) is 0 Å². The largest absolute Gasteiger partial charge is 0.480 e. The van der Waals surface area contributed by atoms with Gasteiger partial charge in [0.05, 0.1) is 6.33 Å². The minimum absolute atomic E-state index is 0.0200. The molecule has 4 N–H and O–H groups in total. The number of amides is 2. The van der Waals surface area contributed by atoms with Crippen LogP contribution in [0.25, 0.3) is 0 Å². The molecule has 1 heterocycles. The fourth-order valence-corrected chi connectivity index (χ4v) is 1.75. The molecule has 0 bridgehead atoms. The quantitative estimate of drug-likeness (QED) is 0.589. The molecule has 1 rings (SSSR count). The minimum atomic E-state index is -1.08. The van der Waals surface area contributed by atoms with Gasteiger partial charge in [0.15, 0.2) is 0 Å². The molecule has 0 fully saturated rings. The van der Waals surface area contributed by atoms with Crippen LogP contribution >= 0.6 is 0 Å². The third-order valence-corrected chi connectivity index (χ3v) is 2.68. The second kappa shape index (κ2) is 7.40. The molecule has 19 heavy (non-hydrogen) atoms. The van der Waals surface area contributed by atoms with Crippen LogP contribution in [0.3, 0.4) is 0 Å². The van der Waals surface area contributed by atoms with Crippen LogP contribution in [0.4, 0.5) is 4.79 Å². The van der Waals surface area contributed by atoms with Gasteiger partial charge in [-0.25, -0.2) is 14.6 Å². The number of carbonyl (C=O) groups excluding carboxylic acids is 1. The Morgan fingerprint density at radius 2 is 2.21 bits per heavy atom. The van der Waals surface area contributed by atoms with Crippen molar-refractivity contribution in [2.24, 2.45) is 0 Å². The van der Waals surface area contributed by atoms with Crippen LogP contribution < -0.4 is 10.6 Å². The number of imidazole rings is 1. The molecule has 0 saturated carbocycles. The number of carboxylic acid groups (broad SMARTS) is 1. The van der Waals surface area contributed by atoms with Crippen molar-refractivity contribution >= 4 is 12.0 Å². The number of H-pyrrole nitrogens is 1. The highest BCUT2D eigenvalue weighted by atomic mass is 16.4. The van der Waals surface area contributed by atoms with Gasteiger partial charge in [0.1, 0.15) is 6.04 Å². The van der Waals surface area contributed by atoms with Crippen LogP contribution in [-0.2, 0) is 11.2 Å². The molecule has 2 amide bonds. The van der Waals surface area contributed by atoms with E-state index in [-0.39, 0.29) is 12.5 Å². The van der Waals surface area contributed by atoms with E-state index in [2.05, 4.69) is 20.6 Å². The van der Waals surface area contributed by atoms with Crippen molar-refractivity contribution in [2.45, 2.75) is 45.2 Å². The Morgan fingerprint density at radius 1 is 1.47 bits per heavy atom. The summed E-state index contributed by atoms with van der Waals surface area (Å²) in [5, 5.41) is 14.2. The van der Waals surface area contributed by atoms with Crippen molar-refractivity contribution in [3.8, 4) is 0 Å². The van der Waals surface area contributed by atoms with Crippen molar-refractivity contribution < 1.29 is 14.7 Å². The van der Waals surface area contributed by atoms with Crippen LogP contribution in [0.1, 0.15) is 32.4 Å². The first-order valence-electron chi connectivity index (χ1n) is 6.30. The van der Waals surface area contributed by atoms with E-state index in [1.807, 2.05) is 13.8 Å². The summed E-state index contributed by atoms with van der Waals surface area (Å²) in [6.07, 6.45) is 4.99. The Hall–Kier alpha value is -2.05. The molecule has 7 nitrogen and oxygen atoms in total. The number of aromatic amines is 1. The molecule has 0 aliphatic carbocycles. The number of nitrogens with one attached hydrogen (secondary N) is 3. The zero-order valence-electron chi connectivity index (χ0n) is 11.1. The Balaban J connectivity index is 2.49. The Labute approximate surface area is 111 Å². The number of urea groups is 1. The number of aliphatic carboxylic acids is 1. The maximum Gasteiger partial charge on any atom is 0.326 e. The maximum atomic E-state index is 11.7. The van der Waals surface area contributed by atoms with Gasteiger partial charge in [-0.2, -0.15) is 0 Å². The summed E-state index contributed by atoms with van der Waals surface area (Å²) in [6.45, 7) is 3.90. The minimum Gasteiger partial charge on any atom is -0.480 e. The summed E-state index contributed by atoms with van der Waals surface area (Å²) in [7, 11) is 0. The lowest BCUT2D eigenvalue weighted by atomic mass is 10.1. The Morgan fingerprint density at radius 3 is 2.74 bits per heavy atom. The summed E-state index contributed by atoms with van der Waals surface area (Å²) < 4.78 is 0. The zero-order valence-corrected chi connectivity index (χ0v) is 11.1. The lowest BCUT2D eigenvalue weighted by Crippen LogP contribution is -2.49. The maximum absolute atomic E-state index is 11.7. The van der Waals surface area contributed by atoms with E-state index in [1.165, 1.54) is 12.5 Å². The third kappa shape index (κ3) is 5.41. The van der Waals surface area contributed by atoms with Crippen LogP contribution in [0, 0.1) is 0 Å². The van der Waals surface area contributed by atoms with Crippen LogP contribution in [0.15, 0.2) is 12.5 Å². The van der Waals surface area contributed by atoms with Gasteiger partial charge in [0.25, 0.3) is 0 Å². The molecule has 1 aromatic rings. The van der Waals surface area contributed by atoms with Gasteiger partial charge >= 0.3 is 12.0 Å². The van der Waals surface area contributed by atoms with Gasteiger partial charge in [-0.15, -0.1) is 0 Å². The van der Waals surface area contributed by atoms with Gasteiger partial charge in [-0.3, -0.25) is 0 Å². The van der Waals surface area contributed by atoms with E-state index in [9.17, 15) is 9.59 Å². The van der Waals surface area contributed by atoms with E-state index >= 15 is 0 Å². The smallest absolute Gasteiger partial charge is 0.326 e. The second-order valence-corrected chi connectivity index (χ2v) is 4.48. The summed E-state index contributed by atoms with van der Waals surface area (Å²) in [6, 6.07) is -1.42. The van der Waals surface area contributed by atoms with Crippen LogP contribution in [0.2, 0.25) is 0 Å². The predicted molar refractivity (Wildman–Crippen MR) is 69.8 cm³/mol. The molecule has 0 saturated heterocycles. The monoisotopic (exact) mass is 268 g/mol. The van der Waals surface area contributed by atoms with E-state index in [0.717, 1.165) is 12.8 Å². The van der Waals surface area contributed by atoms with Gasteiger partial charge in [0.2, 0.25) is 0 Å². The highest BCUT2D eigenvalue weighted by Gasteiger charge is 2.21. The molecule has 1 aromatic heterocycles. The molecule has 0 spiro atoms. The van der Waals surface area contributed by atoms with Crippen molar-refractivity contribution in [3.63, 3.8) is 0 Å². The zero-order chi connectivity index (χ0) is 14.3. The molecular weight excluding hydrogens is 248 g/mol. The summed E-state index contributed by atoms with van der Waals surface area (Å²) in [5.74, 6) is -1.08. The van der Waals surface area contributed by atoms with Crippen molar-refractivity contribution in [1.82, 2.24) is 20.6 Å². The van der Waals surface area contributed by atoms with Gasteiger partial charge in [0, 0.05) is 24.4 Å². The van der Waals surface area contributed by atoms with Crippen molar-refractivity contribution in [3.05, 3.63) is 18.2 Å². The van der Waals surface area contributed by atoms with Crippen molar-refractivity contribution in [2.75, 3.05) is 0 Å². The fourth-order valence-electron chi connectivity index (χ4n) is 1.75. The first-order chi connectivity index (χ1) is 9.02. The van der Waals surface area contributed by atoms with Gasteiger partial charge in [-0.05, 0) is 13.3 Å². The average molecular weight is 268 g/mol. The number of nitrogens with zero attached hydrogens (tertiary/aromatic N) is 1. The summed E-state index contributed by atoms with van der Waals surface area (Å²) in [5.41, 5.74) is 0.661. The second-order valence-electron chi connectivity index (χ2n) is 4.48. The van der Waals surface area contributed by atoms with E-state index in [0.29, 0.717) is 5.69 Å². The first kappa shape index (κ1) is 15.0. The molecule has 106 valence electrons. The predicted octanol–water partition coefficient (Wildman–Crippen LogP) is 0.893. The van der Waals surface area contributed by atoms with Gasteiger partial charge < -0.3 is 20.7 Å². The number of carbonyl (C=O) groups is 2. The molecule has 0 aromatic carbocycles. The topological polar surface area (TPSA) is 107 Å². The Bertz CT molecular complexity index is 405. The molecule has 2 atom stereocenters. The van der Waals surface area contributed by atoms with Crippen molar-refractivity contribution in [1.29, 1.82) is 0 Å². The fraction of sp³-hybridized carbons (Fsp3) is 0.583. The molecule has 0 aliphatic rings. The normalized spacial score (nSPS) is 13.6. The number of hydrogen-bond acceptors (Lipinski definition) is 3. The molecule has 7 heteroatoms. The molecule has 0 radical (unpaired) electrons. The van der Waals surface area contributed by atoms with E-state index < -0.39 is 18.0 Å². The standard InChI is InChI=1S/C12H20N4O3/c1-3-4-8(2)15-12(19)16-10(11(17)18)5-9-6-13-7-14-9/h6-8,10H,3-5H2,1-2H3,(H,13,14)(H,17,18)(H2,15,16,19)/t8?,10-/m0/s1. The number of rotatable bonds is 7. The lowest BCUT2D eigenvalue weighted by molar-refractivity contribution is -0.139. The third-order valence-electron chi connectivity index (χ3n) is 2.68.